The van der Waals surface area contributed by atoms with E-state index < -0.39 is 22.6 Å². The van der Waals surface area contributed by atoms with Gasteiger partial charge in [-0.25, -0.2) is 4.39 Å². The van der Waals surface area contributed by atoms with Crippen LogP contribution in [0.1, 0.15) is 25.3 Å². The number of carboxylic acids is 1. The van der Waals surface area contributed by atoms with Crippen LogP contribution >= 0.6 is 0 Å². The van der Waals surface area contributed by atoms with Gasteiger partial charge < -0.3 is 5.11 Å². The Morgan fingerprint density at radius 2 is 2.06 bits per heavy atom. The van der Waals surface area contributed by atoms with Gasteiger partial charge in [-0.1, -0.05) is 13.8 Å². The summed E-state index contributed by atoms with van der Waals surface area (Å²) in [5, 5.41) is 19.6. The number of carboxylic acid groups (broad SMARTS) is 1. The van der Waals surface area contributed by atoms with Crippen molar-refractivity contribution in [2.24, 2.45) is 5.92 Å². The second kappa shape index (κ2) is 4.90. The molecule has 0 bridgehead atoms. The quantitative estimate of drug-likeness (QED) is 0.648. The van der Waals surface area contributed by atoms with E-state index in [9.17, 15) is 19.3 Å². The SMILES string of the molecule is CC(C)C(C(=O)O)c1cc([N+](=O)[O-])ccc1F. The predicted molar refractivity (Wildman–Crippen MR) is 58.3 cm³/mol. The van der Waals surface area contributed by atoms with Crippen molar-refractivity contribution in [3.05, 3.63) is 39.7 Å². The summed E-state index contributed by atoms with van der Waals surface area (Å²) < 4.78 is 13.5. The lowest BCUT2D eigenvalue weighted by atomic mass is 9.88. The Hall–Kier alpha value is -1.98. The second-order valence-electron chi connectivity index (χ2n) is 4.02. The van der Waals surface area contributed by atoms with Crippen molar-refractivity contribution in [3.8, 4) is 0 Å². The van der Waals surface area contributed by atoms with Crippen molar-refractivity contribution in [2.45, 2.75) is 19.8 Å². The number of nitro benzene ring substituents is 1. The molecule has 0 aromatic heterocycles. The van der Waals surface area contributed by atoms with Crippen molar-refractivity contribution >= 4 is 11.7 Å². The molecule has 0 spiro atoms. The van der Waals surface area contributed by atoms with E-state index in [0.29, 0.717) is 0 Å². The summed E-state index contributed by atoms with van der Waals surface area (Å²) in [5.74, 6) is -3.38. The van der Waals surface area contributed by atoms with E-state index in [2.05, 4.69) is 0 Å². The van der Waals surface area contributed by atoms with Gasteiger partial charge in [0.15, 0.2) is 0 Å². The van der Waals surface area contributed by atoms with Gasteiger partial charge in [-0.15, -0.1) is 0 Å². The van der Waals surface area contributed by atoms with Crippen molar-refractivity contribution in [1.82, 2.24) is 0 Å². The lowest BCUT2D eigenvalue weighted by Crippen LogP contribution is -2.19. The second-order valence-corrected chi connectivity index (χ2v) is 4.02. The number of rotatable bonds is 4. The maximum atomic E-state index is 13.5. The monoisotopic (exact) mass is 241 g/mol. The number of halogens is 1. The molecule has 5 nitrogen and oxygen atoms in total. The Kier molecular flexibility index (Phi) is 3.77. The van der Waals surface area contributed by atoms with Crippen molar-refractivity contribution in [1.29, 1.82) is 0 Å². The molecular formula is C11H12FNO4. The third kappa shape index (κ3) is 2.77. The van der Waals surface area contributed by atoms with Crippen LogP contribution in [0.25, 0.3) is 0 Å². The molecule has 6 heteroatoms. The van der Waals surface area contributed by atoms with Gasteiger partial charge in [-0.3, -0.25) is 14.9 Å². The van der Waals surface area contributed by atoms with Gasteiger partial charge in [0.05, 0.1) is 10.8 Å². The lowest BCUT2D eigenvalue weighted by Gasteiger charge is -2.16. The Balaban J connectivity index is 3.31. The maximum absolute atomic E-state index is 13.5. The van der Waals surface area contributed by atoms with Crippen LogP contribution in [0.5, 0.6) is 0 Å². The number of carbonyl (C=O) groups is 1. The van der Waals surface area contributed by atoms with Crippen LogP contribution < -0.4 is 0 Å². The molecule has 0 radical (unpaired) electrons. The van der Waals surface area contributed by atoms with Crippen molar-refractivity contribution < 1.29 is 19.2 Å². The first-order chi connectivity index (χ1) is 7.84. The summed E-state index contributed by atoms with van der Waals surface area (Å²) in [4.78, 5) is 20.9. The van der Waals surface area contributed by atoms with E-state index in [1.165, 1.54) is 0 Å². The molecule has 1 N–H and O–H groups in total. The summed E-state index contributed by atoms with van der Waals surface area (Å²) in [6, 6.07) is 2.91. The Morgan fingerprint density at radius 3 is 2.47 bits per heavy atom. The topological polar surface area (TPSA) is 80.4 Å². The molecule has 0 aliphatic heterocycles. The molecule has 1 aromatic rings. The zero-order chi connectivity index (χ0) is 13.2. The minimum Gasteiger partial charge on any atom is -0.481 e. The molecule has 0 amide bonds. The summed E-state index contributed by atoms with van der Waals surface area (Å²) in [5.41, 5.74) is -0.463. The Bertz CT molecular complexity index is 459. The van der Waals surface area contributed by atoms with Gasteiger partial charge in [0.25, 0.3) is 5.69 Å². The number of aliphatic carboxylic acids is 1. The van der Waals surface area contributed by atoms with E-state index >= 15 is 0 Å². The van der Waals surface area contributed by atoms with E-state index in [1.807, 2.05) is 0 Å². The fourth-order valence-electron chi connectivity index (χ4n) is 1.66. The lowest BCUT2D eigenvalue weighted by molar-refractivity contribution is -0.385. The highest BCUT2D eigenvalue weighted by molar-refractivity contribution is 5.76. The van der Waals surface area contributed by atoms with Crippen LogP contribution in [-0.4, -0.2) is 16.0 Å². The molecule has 92 valence electrons. The summed E-state index contributed by atoms with van der Waals surface area (Å²) in [7, 11) is 0. The van der Waals surface area contributed by atoms with Crippen LogP contribution in [0.4, 0.5) is 10.1 Å². The zero-order valence-electron chi connectivity index (χ0n) is 9.38. The molecule has 17 heavy (non-hydrogen) atoms. The van der Waals surface area contributed by atoms with Gasteiger partial charge in [0.2, 0.25) is 0 Å². The Labute approximate surface area is 97.0 Å². The van der Waals surface area contributed by atoms with Crippen LogP contribution in [0.3, 0.4) is 0 Å². The largest absolute Gasteiger partial charge is 0.481 e. The maximum Gasteiger partial charge on any atom is 0.311 e. The highest BCUT2D eigenvalue weighted by atomic mass is 19.1. The number of hydrogen-bond donors (Lipinski definition) is 1. The first kappa shape index (κ1) is 13.1. The highest BCUT2D eigenvalue weighted by Gasteiger charge is 2.28. The van der Waals surface area contributed by atoms with E-state index in [0.717, 1.165) is 18.2 Å². The van der Waals surface area contributed by atoms with Gasteiger partial charge in [-0.2, -0.15) is 0 Å². The fraction of sp³-hybridized carbons (Fsp3) is 0.364. The van der Waals surface area contributed by atoms with E-state index in [1.54, 1.807) is 13.8 Å². The van der Waals surface area contributed by atoms with Crippen LogP contribution in [0.2, 0.25) is 0 Å². The van der Waals surface area contributed by atoms with Gasteiger partial charge in [0, 0.05) is 17.7 Å². The van der Waals surface area contributed by atoms with Crippen LogP contribution in [-0.2, 0) is 4.79 Å². The minimum atomic E-state index is -1.20. The standard InChI is InChI=1S/C11H12FNO4/c1-6(2)10(11(14)15)8-5-7(13(16)17)3-4-9(8)12/h3-6,10H,1-2H3,(H,14,15). The van der Waals surface area contributed by atoms with Crippen LogP contribution in [0, 0.1) is 21.8 Å². The molecule has 0 aliphatic carbocycles. The first-order valence-electron chi connectivity index (χ1n) is 5.01. The van der Waals surface area contributed by atoms with Crippen molar-refractivity contribution in [2.75, 3.05) is 0 Å². The van der Waals surface area contributed by atoms with Gasteiger partial charge >= 0.3 is 5.97 Å². The summed E-state index contributed by atoms with van der Waals surface area (Å²) in [6.07, 6.45) is 0. The smallest absolute Gasteiger partial charge is 0.311 e. The summed E-state index contributed by atoms with van der Waals surface area (Å²) in [6.45, 7) is 3.24. The average Bonchev–Trinajstić information content (AvgIpc) is 2.19. The minimum absolute atomic E-state index is 0.151. The molecule has 1 unspecified atom stereocenters. The number of benzene rings is 1. The average molecular weight is 241 g/mol. The number of non-ortho nitro benzene ring substituents is 1. The number of hydrogen-bond acceptors (Lipinski definition) is 3. The number of nitrogens with zero attached hydrogens (tertiary/aromatic N) is 1. The molecule has 0 heterocycles. The van der Waals surface area contributed by atoms with Crippen molar-refractivity contribution in [3.63, 3.8) is 0 Å². The van der Waals surface area contributed by atoms with E-state index in [4.69, 9.17) is 5.11 Å². The molecule has 1 atom stereocenters. The van der Waals surface area contributed by atoms with Gasteiger partial charge in [0.1, 0.15) is 5.82 Å². The molecule has 0 saturated carbocycles. The van der Waals surface area contributed by atoms with E-state index in [-0.39, 0.29) is 17.2 Å². The molecule has 1 aromatic carbocycles. The first-order valence-corrected chi connectivity index (χ1v) is 5.01. The molecular weight excluding hydrogens is 229 g/mol. The molecule has 0 saturated heterocycles. The molecule has 0 fully saturated rings. The number of nitro groups is 1. The normalized spacial score (nSPS) is 12.5. The summed E-state index contributed by atoms with van der Waals surface area (Å²) >= 11 is 0. The predicted octanol–water partition coefficient (Wildman–Crippen LogP) is 2.56. The van der Waals surface area contributed by atoms with Gasteiger partial charge in [-0.05, 0) is 12.0 Å². The molecule has 1 rings (SSSR count). The fourth-order valence-corrected chi connectivity index (χ4v) is 1.66. The zero-order valence-corrected chi connectivity index (χ0v) is 9.38. The third-order valence-corrected chi connectivity index (χ3v) is 2.46. The Morgan fingerprint density at radius 1 is 1.47 bits per heavy atom. The third-order valence-electron chi connectivity index (χ3n) is 2.46. The van der Waals surface area contributed by atoms with Crippen LogP contribution in [0.15, 0.2) is 18.2 Å². The molecule has 0 aliphatic rings. The highest BCUT2D eigenvalue weighted by Crippen LogP contribution is 2.29.